The van der Waals surface area contributed by atoms with Crippen LogP contribution in [-0.2, 0) is 0 Å². The average Bonchev–Trinajstić information content (AvgIpc) is 2.47. The molecule has 2 aromatic rings. The van der Waals surface area contributed by atoms with Crippen LogP contribution in [0.5, 0.6) is 11.5 Å². The van der Waals surface area contributed by atoms with E-state index in [4.69, 9.17) is 9.47 Å². The highest BCUT2D eigenvalue weighted by Gasteiger charge is 2.30. The molecule has 0 fully saturated rings. The van der Waals surface area contributed by atoms with Gasteiger partial charge < -0.3 is 14.6 Å². The van der Waals surface area contributed by atoms with Gasteiger partial charge in [-0.25, -0.2) is 0 Å². The maximum atomic E-state index is 10.3. The van der Waals surface area contributed by atoms with Crippen molar-refractivity contribution >= 4 is 0 Å². The molecule has 2 aromatic carbocycles. The topological polar surface area (TPSA) is 38.7 Å². The summed E-state index contributed by atoms with van der Waals surface area (Å²) in [5, 5.41) is 10.3. The third-order valence-electron chi connectivity index (χ3n) is 3.46. The molecule has 0 saturated heterocycles. The quantitative estimate of drug-likeness (QED) is 0.896. The molecule has 0 radical (unpaired) electrons. The number of benzene rings is 2. The number of hydrogen-bond acceptors (Lipinski definition) is 3. The molecule has 3 rings (SSSR count). The second kappa shape index (κ2) is 4.94. The van der Waals surface area contributed by atoms with Crippen molar-refractivity contribution < 1.29 is 14.6 Å². The highest BCUT2D eigenvalue weighted by Crippen LogP contribution is 2.44. The van der Waals surface area contributed by atoms with E-state index in [-0.39, 0.29) is 6.10 Å². The molecule has 0 amide bonds. The van der Waals surface area contributed by atoms with Gasteiger partial charge in [-0.3, -0.25) is 0 Å². The first kappa shape index (κ1) is 12.1. The predicted octanol–water partition coefficient (Wildman–Crippen LogP) is 3.25. The zero-order valence-electron chi connectivity index (χ0n) is 10.7. The summed E-state index contributed by atoms with van der Waals surface area (Å²) in [6.07, 6.45) is -0.141. The molecule has 2 atom stereocenters. The molecule has 98 valence electrons. The van der Waals surface area contributed by atoms with Crippen LogP contribution in [0.4, 0.5) is 0 Å². The zero-order chi connectivity index (χ0) is 13.2. The molecular weight excluding hydrogens is 240 g/mol. The number of aliphatic hydroxyl groups is 1. The Labute approximate surface area is 112 Å². The van der Waals surface area contributed by atoms with Crippen molar-refractivity contribution in [1.29, 1.82) is 0 Å². The lowest BCUT2D eigenvalue weighted by molar-refractivity contribution is 0.0633. The first-order valence-corrected chi connectivity index (χ1v) is 6.36. The Hall–Kier alpha value is -2.00. The van der Waals surface area contributed by atoms with Crippen LogP contribution in [0.2, 0.25) is 0 Å². The summed E-state index contributed by atoms with van der Waals surface area (Å²) in [5.41, 5.74) is 1.83. The number of ether oxygens (including phenoxy) is 2. The Kier molecular flexibility index (Phi) is 3.13. The third kappa shape index (κ3) is 2.17. The van der Waals surface area contributed by atoms with Crippen LogP contribution in [0.3, 0.4) is 0 Å². The van der Waals surface area contributed by atoms with Crippen molar-refractivity contribution in [3.63, 3.8) is 0 Å². The van der Waals surface area contributed by atoms with E-state index in [1.807, 2.05) is 48.5 Å². The van der Waals surface area contributed by atoms with Gasteiger partial charge in [0, 0.05) is 6.42 Å². The van der Waals surface area contributed by atoms with Gasteiger partial charge in [0.15, 0.2) is 0 Å². The maximum absolute atomic E-state index is 10.3. The molecule has 1 aliphatic rings. The van der Waals surface area contributed by atoms with Crippen LogP contribution in [-0.4, -0.2) is 12.2 Å². The smallest absolute Gasteiger partial charge is 0.129 e. The predicted molar refractivity (Wildman–Crippen MR) is 72.4 cm³/mol. The van der Waals surface area contributed by atoms with E-state index in [1.165, 1.54) is 0 Å². The highest BCUT2D eigenvalue weighted by atomic mass is 16.5. The number of fused-ring (bicyclic) bond motifs is 1. The third-order valence-corrected chi connectivity index (χ3v) is 3.46. The lowest BCUT2D eigenvalue weighted by Crippen LogP contribution is -2.19. The van der Waals surface area contributed by atoms with E-state index in [9.17, 15) is 5.11 Å². The second-order valence-corrected chi connectivity index (χ2v) is 4.64. The molecule has 3 heteroatoms. The van der Waals surface area contributed by atoms with Gasteiger partial charge in [0.2, 0.25) is 0 Å². The lowest BCUT2D eigenvalue weighted by Gasteiger charge is -2.30. The Morgan fingerprint density at radius 1 is 1.11 bits per heavy atom. The summed E-state index contributed by atoms with van der Waals surface area (Å²) < 4.78 is 11.3. The summed E-state index contributed by atoms with van der Waals surface area (Å²) in [5.74, 6) is 1.38. The van der Waals surface area contributed by atoms with Crippen LogP contribution < -0.4 is 9.47 Å². The van der Waals surface area contributed by atoms with Gasteiger partial charge in [-0.05, 0) is 17.7 Å². The molecule has 0 bridgehead atoms. The minimum atomic E-state index is -0.565. The van der Waals surface area contributed by atoms with E-state index in [0.717, 1.165) is 11.1 Å². The summed E-state index contributed by atoms with van der Waals surface area (Å²) in [7, 11) is 1.60. The second-order valence-electron chi connectivity index (χ2n) is 4.64. The largest absolute Gasteiger partial charge is 0.496 e. The first-order chi connectivity index (χ1) is 9.29. The van der Waals surface area contributed by atoms with Gasteiger partial charge in [-0.15, -0.1) is 0 Å². The Morgan fingerprint density at radius 2 is 1.89 bits per heavy atom. The molecular formula is C16H16O3. The van der Waals surface area contributed by atoms with Crippen molar-refractivity contribution in [3.8, 4) is 11.5 Å². The Balaban J connectivity index is 1.97. The van der Waals surface area contributed by atoms with E-state index in [2.05, 4.69) is 0 Å². The van der Waals surface area contributed by atoms with Crippen LogP contribution in [0.1, 0.15) is 29.8 Å². The lowest BCUT2D eigenvalue weighted by atomic mass is 9.94. The highest BCUT2D eigenvalue weighted by molar-refractivity contribution is 5.48. The number of rotatable bonds is 2. The first-order valence-electron chi connectivity index (χ1n) is 6.36. The molecule has 1 heterocycles. The minimum Gasteiger partial charge on any atom is -0.496 e. The van der Waals surface area contributed by atoms with Crippen LogP contribution in [0.15, 0.2) is 48.5 Å². The van der Waals surface area contributed by atoms with E-state index >= 15 is 0 Å². The standard InChI is InChI=1S/C16H16O3/c1-18-13-8-5-9-14-16(13)12(17)10-15(19-14)11-6-3-2-4-7-11/h2-9,12,15,17H,10H2,1H3/t12-,15-/m1/s1. The number of methoxy groups -OCH3 is 1. The minimum absolute atomic E-state index is 0.115. The van der Waals surface area contributed by atoms with Gasteiger partial charge in [0.1, 0.15) is 17.6 Å². The van der Waals surface area contributed by atoms with Crippen molar-refractivity contribution in [3.05, 3.63) is 59.7 Å². The Bertz CT molecular complexity index is 565. The molecule has 0 saturated carbocycles. The van der Waals surface area contributed by atoms with Crippen molar-refractivity contribution in [2.75, 3.05) is 7.11 Å². The molecule has 3 nitrogen and oxygen atoms in total. The fourth-order valence-electron chi connectivity index (χ4n) is 2.53. The summed E-state index contributed by atoms with van der Waals surface area (Å²) in [4.78, 5) is 0. The molecule has 1 aliphatic heterocycles. The molecule has 0 spiro atoms. The van der Waals surface area contributed by atoms with Crippen molar-refractivity contribution in [2.45, 2.75) is 18.6 Å². The van der Waals surface area contributed by atoms with Gasteiger partial charge >= 0.3 is 0 Å². The normalized spacial score (nSPS) is 21.4. The molecule has 0 aromatic heterocycles. The van der Waals surface area contributed by atoms with E-state index in [1.54, 1.807) is 7.11 Å². The van der Waals surface area contributed by atoms with E-state index < -0.39 is 6.10 Å². The number of hydrogen-bond donors (Lipinski definition) is 1. The SMILES string of the molecule is COc1cccc2c1[C@H](O)C[C@H](c1ccccc1)O2. The monoisotopic (exact) mass is 256 g/mol. The zero-order valence-corrected chi connectivity index (χ0v) is 10.7. The van der Waals surface area contributed by atoms with Crippen LogP contribution >= 0.6 is 0 Å². The summed E-state index contributed by atoms with van der Waals surface area (Å²) in [6.45, 7) is 0. The fourth-order valence-corrected chi connectivity index (χ4v) is 2.53. The summed E-state index contributed by atoms with van der Waals surface area (Å²) in [6, 6.07) is 15.5. The molecule has 1 N–H and O–H groups in total. The van der Waals surface area contributed by atoms with Gasteiger partial charge in [0.05, 0.1) is 18.8 Å². The fraction of sp³-hybridized carbons (Fsp3) is 0.250. The van der Waals surface area contributed by atoms with Gasteiger partial charge in [0.25, 0.3) is 0 Å². The molecule has 19 heavy (non-hydrogen) atoms. The van der Waals surface area contributed by atoms with Crippen molar-refractivity contribution in [1.82, 2.24) is 0 Å². The van der Waals surface area contributed by atoms with Gasteiger partial charge in [-0.2, -0.15) is 0 Å². The maximum Gasteiger partial charge on any atom is 0.129 e. The van der Waals surface area contributed by atoms with Crippen molar-refractivity contribution in [2.24, 2.45) is 0 Å². The molecule has 0 unspecified atom stereocenters. The van der Waals surface area contributed by atoms with E-state index in [0.29, 0.717) is 17.9 Å². The van der Waals surface area contributed by atoms with Crippen LogP contribution in [0.25, 0.3) is 0 Å². The molecule has 0 aliphatic carbocycles. The average molecular weight is 256 g/mol. The Morgan fingerprint density at radius 3 is 2.63 bits per heavy atom. The summed E-state index contributed by atoms with van der Waals surface area (Å²) >= 11 is 0. The van der Waals surface area contributed by atoms with Crippen LogP contribution in [0, 0.1) is 0 Å². The number of aliphatic hydroxyl groups excluding tert-OH is 1. The van der Waals surface area contributed by atoms with Gasteiger partial charge in [-0.1, -0.05) is 36.4 Å².